The molecule has 2 fully saturated rings. The van der Waals surface area contributed by atoms with E-state index in [1.165, 1.54) is 48.3 Å². The van der Waals surface area contributed by atoms with E-state index in [0.717, 1.165) is 36.8 Å². The lowest BCUT2D eigenvalue weighted by Crippen LogP contribution is -2.52. The number of benzene rings is 1. The molecule has 0 spiro atoms. The lowest BCUT2D eigenvalue weighted by atomic mass is 9.96. The topological polar surface area (TPSA) is 156 Å². The van der Waals surface area contributed by atoms with Gasteiger partial charge in [-0.1, -0.05) is 11.6 Å². The van der Waals surface area contributed by atoms with Crippen molar-refractivity contribution < 1.29 is 27.6 Å². The fourth-order valence-electron chi connectivity index (χ4n) is 6.02. The molecule has 5 heterocycles. The summed E-state index contributed by atoms with van der Waals surface area (Å²) >= 11 is 6.48. The maximum Gasteiger partial charge on any atom is 0.435 e. The number of nitrogens with one attached hydrogen (secondary N) is 2. The van der Waals surface area contributed by atoms with E-state index in [9.17, 15) is 27.6 Å². The second-order valence-electron chi connectivity index (χ2n) is 12.0. The number of imidazole rings is 1. The maximum atomic E-state index is 14.1. The third-order valence-electron chi connectivity index (χ3n) is 8.85. The number of aromatic nitrogens is 5. The van der Waals surface area contributed by atoms with Crippen LogP contribution in [-0.2, 0) is 18.0 Å². The number of halogens is 4. The summed E-state index contributed by atoms with van der Waals surface area (Å²) in [6, 6.07) is 5.93. The van der Waals surface area contributed by atoms with Crippen LogP contribution in [0.3, 0.4) is 0 Å². The van der Waals surface area contributed by atoms with Gasteiger partial charge in [0, 0.05) is 51.0 Å². The van der Waals surface area contributed by atoms with Gasteiger partial charge in [0.05, 0.1) is 39.9 Å². The van der Waals surface area contributed by atoms with Crippen molar-refractivity contribution in [3.8, 4) is 17.1 Å². The Hall–Kier alpha value is -4.96. The number of hydrogen-bond donors (Lipinski definition) is 3. The average molecular weight is 699 g/mol. The van der Waals surface area contributed by atoms with Gasteiger partial charge in [0.2, 0.25) is 5.91 Å². The highest BCUT2D eigenvalue weighted by Crippen LogP contribution is 2.37. The van der Waals surface area contributed by atoms with Gasteiger partial charge in [-0.15, -0.1) is 0 Å². The summed E-state index contributed by atoms with van der Waals surface area (Å²) in [5.74, 6) is -0.909. The van der Waals surface area contributed by atoms with Crippen LogP contribution < -0.4 is 16.4 Å². The number of aryl methyl sites for hydroxylation is 1. The van der Waals surface area contributed by atoms with E-state index < -0.39 is 17.8 Å². The summed E-state index contributed by atoms with van der Waals surface area (Å²) in [6.07, 6.45) is 0.463. The first kappa shape index (κ1) is 33.9. The van der Waals surface area contributed by atoms with Crippen molar-refractivity contribution in [3.05, 3.63) is 70.5 Å². The number of nitrogen functional groups attached to an aromatic ring is 1. The van der Waals surface area contributed by atoms with E-state index >= 15 is 0 Å². The second kappa shape index (κ2) is 13.5. The van der Waals surface area contributed by atoms with Crippen LogP contribution in [0.2, 0.25) is 5.02 Å². The van der Waals surface area contributed by atoms with Crippen LogP contribution in [0.1, 0.15) is 45.1 Å². The molecule has 4 aromatic rings. The minimum absolute atomic E-state index is 0.00702. The summed E-state index contributed by atoms with van der Waals surface area (Å²) in [6.45, 7) is 4.97. The molecule has 13 nitrogen and oxygen atoms in total. The van der Waals surface area contributed by atoms with E-state index in [0.29, 0.717) is 37.4 Å². The summed E-state index contributed by atoms with van der Waals surface area (Å²) in [7, 11) is 1.41. The molecule has 258 valence electrons. The molecular formula is C32H34ClF3N10O3. The number of carbonyl (C=O) groups excluding carboxylic acids is 3. The third kappa shape index (κ3) is 6.96. The van der Waals surface area contributed by atoms with E-state index in [1.54, 1.807) is 11.8 Å². The predicted octanol–water partition coefficient (Wildman–Crippen LogP) is 3.77. The number of piperazine rings is 1. The van der Waals surface area contributed by atoms with E-state index in [4.69, 9.17) is 17.3 Å². The molecule has 6 rings (SSSR count). The van der Waals surface area contributed by atoms with Gasteiger partial charge in [-0.05, 0) is 62.7 Å². The van der Waals surface area contributed by atoms with Crippen LogP contribution in [0, 0.1) is 12.8 Å². The van der Waals surface area contributed by atoms with Crippen molar-refractivity contribution in [1.29, 1.82) is 0 Å². The number of hydrogen-bond acceptors (Lipinski definition) is 8. The number of carbonyl (C=O) groups is 3. The number of nitrogens with zero attached hydrogens (tertiary/aromatic N) is 7. The van der Waals surface area contributed by atoms with Gasteiger partial charge >= 0.3 is 6.18 Å². The SMILES string of the molecule is Cc1cc(-n2cc(-c3cnc(C(=O)Nc4ccc(C(=O)N5CCN(C(=O)C6CCNCC6)CC5)c(Cl)c4)n3C)c(C(F)(F)F)n2)ncc1N. The van der Waals surface area contributed by atoms with Gasteiger partial charge in [0.1, 0.15) is 0 Å². The molecule has 0 radical (unpaired) electrons. The monoisotopic (exact) mass is 698 g/mol. The number of nitrogens with two attached hydrogens (primary N) is 1. The van der Waals surface area contributed by atoms with Crippen LogP contribution in [-0.4, -0.2) is 91.1 Å². The smallest absolute Gasteiger partial charge is 0.397 e. The van der Waals surface area contributed by atoms with E-state index in [-0.39, 0.29) is 56.9 Å². The molecule has 0 unspecified atom stereocenters. The van der Waals surface area contributed by atoms with Gasteiger partial charge in [0.25, 0.3) is 11.8 Å². The van der Waals surface area contributed by atoms with Crippen LogP contribution in [0.5, 0.6) is 0 Å². The van der Waals surface area contributed by atoms with Crippen molar-refractivity contribution in [3.63, 3.8) is 0 Å². The summed E-state index contributed by atoms with van der Waals surface area (Å²) < 4.78 is 44.4. The van der Waals surface area contributed by atoms with E-state index in [1.807, 2.05) is 4.90 Å². The lowest BCUT2D eigenvalue weighted by Gasteiger charge is -2.37. The highest BCUT2D eigenvalue weighted by atomic mass is 35.5. The number of rotatable bonds is 6. The second-order valence-corrected chi connectivity index (χ2v) is 12.5. The molecular weight excluding hydrogens is 665 g/mol. The van der Waals surface area contributed by atoms with Gasteiger partial charge < -0.3 is 30.7 Å². The Morgan fingerprint density at radius 3 is 2.37 bits per heavy atom. The van der Waals surface area contributed by atoms with E-state index in [2.05, 4.69) is 25.7 Å². The minimum atomic E-state index is -4.82. The highest BCUT2D eigenvalue weighted by Gasteiger charge is 2.39. The fourth-order valence-corrected chi connectivity index (χ4v) is 6.28. The molecule has 2 saturated heterocycles. The number of anilines is 2. The first-order valence-corrected chi connectivity index (χ1v) is 16.0. The highest BCUT2D eigenvalue weighted by molar-refractivity contribution is 6.34. The maximum absolute atomic E-state index is 14.1. The molecule has 0 bridgehead atoms. The van der Waals surface area contributed by atoms with Crippen molar-refractivity contribution in [1.82, 2.24) is 39.4 Å². The van der Waals surface area contributed by atoms with Crippen molar-refractivity contribution >= 4 is 40.7 Å². The van der Waals surface area contributed by atoms with Crippen molar-refractivity contribution in [2.24, 2.45) is 13.0 Å². The Labute approximate surface area is 284 Å². The van der Waals surface area contributed by atoms with Gasteiger partial charge in [0.15, 0.2) is 17.3 Å². The van der Waals surface area contributed by atoms with Crippen LogP contribution >= 0.6 is 11.6 Å². The summed E-state index contributed by atoms with van der Waals surface area (Å²) in [4.78, 5) is 51.0. The van der Waals surface area contributed by atoms with Gasteiger partial charge in [-0.3, -0.25) is 14.4 Å². The standard InChI is InChI=1S/C32H34ClF3N10O3/c1-18-13-26(39-15-24(18)37)46-17-22(27(42-46)32(34,35)36)25-16-40-28(43(25)2)29(47)41-20-3-4-21(23(33)14-20)31(49)45-11-9-44(10-12-45)30(48)19-5-7-38-8-6-19/h3-4,13-17,19,38H,5-12,37H2,1-2H3,(H,41,47). The molecule has 4 N–H and O–H groups in total. The molecule has 3 aromatic heterocycles. The van der Waals surface area contributed by atoms with Crippen LogP contribution in [0.15, 0.2) is 42.9 Å². The van der Waals surface area contributed by atoms with Crippen LogP contribution in [0.4, 0.5) is 24.5 Å². The lowest BCUT2D eigenvalue weighted by molar-refractivity contribution is -0.141. The Bertz CT molecular complexity index is 1910. The molecule has 0 saturated carbocycles. The quantitative estimate of drug-likeness (QED) is 0.275. The Kier molecular flexibility index (Phi) is 9.35. The molecule has 2 aliphatic rings. The normalized spacial score (nSPS) is 15.8. The number of amides is 3. The zero-order chi connectivity index (χ0) is 35.0. The summed E-state index contributed by atoms with van der Waals surface area (Å²) in [5, 5.41) is 9.74. The molecule has 2 aliphatic heterocycles. The molecule has 0 atom stereocenters. The molecule has 49 heavy (non-hydrogen) atoms. The molecule has 3 amide bonds. The Morgan fingerprint density at radius 2 is 1.71 bits per heavy atom. The minimum Gasteiger partial charge on any atom is -0.397 e. The predicted molar refractivity (Wildman–Crippen MR) is 175 cm³/mol. The first-order chi connectivity index (χ1) is 23.3. The zero-order valence-corrected chi connectivity index (χ0v) is 27.5. The molecule has 0 aliphatic carbocycles. The molecule has 1 aromatic carbocycles. The average Bonchev–Trinajstić information content (AvgIpc) is 3.70. The van der Waals surface area contributed by atoms with Crippen LogP contribution in [0.25, 0.3) is 17.1 Å². The first-order valence-electron chi connectivity index (χ1n) is 15.6. The van der Waals surface area contributed by atoms with Gasteiger partial charge in [-0.25, -0.2) is 14.6 Å². The number of piperidine rings is 1. The summed E-state index contributed by atoms with van der Waals surface area (Å²) in [5.41, 5.74) is 5.80. The van der Waals surface area contributed by atoms with Crippen molar-refractivity contribution in [2.75, 3.05) is 50.3 Å². The Balaban J connectivity index is 1.14. The molecule has 17 heteroatoms. The Morgan fingerprint density at radius 1 is 1.02 bits per heavy atom. The fraction of sp³-hybridized carbons (Fsp3) is 0.375. The zero-order valence-electron chi connectivity index (χ0n) is 26.7. The largest absolute Gasteiger partial charge is 0.435 e. The van der Waals surface area contributed by atoms with Crippen molar-refractivity contribution in [2.45, 2.75) is 25.9 Å². The number of pyridine rings is 1. The third-order valence-corrected chi connectivity index (χ3v) is 9.16. The van der Waals surface area contributed by atoms with Gasteiger partial charge in [-0.2, -0.15) is 18.3 Å². The number of alkyl halides is 3.